The summed E-state index contributed by atoms with van der Waals surface area (Å²) in [5, 5.41) is 6.46. The Hall–Kier alpha value is -1.34. The average Bonchev–Trinajstić information content (AvgIpc) is 2.80. The van der Waals surface area contributed by atoms with Crippen molar-refractivity contribution in [2.45, 2.75) is 38.6 Å². The molecule has 1 aliphatic carbocycles. The highest BCUT2D eigenvalue weighted by Gasteiger charge is 2.33. The third-order valence-electron chi connectivity index (χ3n) is 4.75. The van der Waals surface area contributed by atoms with Crippen molar-refractivity contribution in [1.29, 1.82) is 0 Å². The number of hydrogen-bond donors (Lipinski definition) is 1. The molecule has 0 aromatic heterocycles. The lowest BCUT2D eigenvalue weighted by molar-refractivity contribution is 0.413. The van der Waals surface area contributed by atoms with Crippen molar-refractivity contribution in [3.8, 4) is 0 Å². The van der Waals surface area contributed by atoms with E-state index < -0.39 is 0 Å². The SMILES string of the molecule is CCNC1CCC(c2cccc3ccccc23)C1C. The van der Waals surface area contributed by atoms with Crippen molar-refractivity contribution in [1.82, 2.24) is 5.32 Å². The number of nitrogens with one attached hydrogen (secondary N) is 1. The van der Waals surface area contributed by atoms with Crippen LogP contribution >= 0.6 is 0 Å². The molecule has 1 nitrogen and oxygen atoms in total. The van der Waals surface area contributed by atoms with E-state index in [9.17, 15) is 0 Å². The molecule has 1 saturated carbocycles. The first-order valence-corrected chi connectivity index (χ1v) is 7.52. The van der Waals surface area contributed by atoms with E-state index in [1.807, 2.05) is 0 Å². The van der Waals surface area contributed by atoms with Crippen molar-refractivity contribution < 1.29 is 0 Å². The second-order valence-corrected chi connectivity index (χ2v) is 5.78. The predicted molar refractivity (Wildman–Crippen MR) is 82.6 cm³/mol. The number of benzene rings is 2. The van der Waals surface area contributed by atoms with Gasteiger partial charge in [0.05, 0.1) is 0 Å². The van der Waals surface area contributed by atoms with E-state index in [2.05, 4.69) is 61.6 Å². The standard InChI is InChI=1S/C18H23N/c1-3-19-18-12-11-15(13(18)2)17-10-6-8-14-7-4-5-9-16(14)17/h4-10,13,15,18-19H,3,11-12H2,1-2H3. The van der Waals surface area contributed by atoms with Gasteiger partial charge in [0.2, 0.25) is 0 Å². The van der Waals surface area contributed by atoms with Crippen LogP contribution in [0.2, 0.25) is 0 Å². The minimum atomic E-state index is 0.689. The van der Waals surface area contributed by atoms with Gasteiger partial charge in [0.1, 0.15) is 0 Å². The normalized spacial score (nSPS) is 26.9. The van der Waals surface area contributed by atoms with Crippen LogP contribution in [0.3, 0.4) is 0 Å². The zero-order valence-electron chi connectivity index (χ0n) is 11.9. The monoisotopic (exact) mass is 253 g/mol. The van der Waals surface area contributed by atoms with Crippen LogP contribution in [0.25, 0.3) is 10.8 Å². The van der Waals surface area contributed by atoms with E-state index in [4.69, 9.17) is 0 Å². The summed E-state index contributed by atoms with van der Waals surface area (Å²) in [6.07, 6.45) is 2.62. The van der Waals surface area contributed by atoms with Crippen LogP contribution in [-0.4, -0.2) is 12.6 Å². The second-order valence-electron chi connectivity index (χ2n) is 5.78. The van der Waals surface area contributed by atoms with Gasteiger partial charge < -0.3 is 5.32 Å². The van der Waals surface area contributed by atoms with Crippen molar-refractivity contribution in [3.05, 3.63) is 48.0 Å². The fourth-order valence-corrected chi connectivity index (χ4v) is 3.73. The van der Waals surface area contributed by atoms with Gasteiger partial charge in [0.15, 0.2) is 0 Å². The third kappa shape index (κ3) is 2.28. The van der Waals surface area contributed by atoms with Crippen LogP contribution in [0.4, 0.5) is 0 Å². The number of hydrogen-bond acceptors (Lipinski definition) is 1. The van der Waals surface area contributed by atoms with E-state index in [-0.39, 0.29) is 0 Å². The topological polar surface area (TPSA) is 12.0 Å². The molecule has 0 heterocycles. The zero-order chi connectivity index (χ0) is 13.2. The molecule has 0 radical (unpaired) electrons. The van der Waals surface area contributed by atoms with Gasteiger partial charge in [0.25, 0.3) is 0 Å². The average molecular weight is 253 g/mol. The van der Waals surface area contributed by atoms with Gasteiger partial charge in [-0.05, 0) is 47.6 Å². The number of rotatable bonds is 3. The summed E-state index contributed by atoms with van der Waals surface area (Å²) in [6.45, 7) is 5.70. The molecule has 1 heteroatoms. The highest BCUT2D eigenvalue weighted by atomic mass is 14.9. The summed E-state index contributed by atoms with van der Waals surface area (Å²) >= 11 is 0. The second kappa shape index (κ2) is 5.34. The first-order chi connectivity index (χ1) is 9.31. The van der Waals surface area contributed by atoms with Crippen molar-refractivity contribution >= 4 is 10.8 Å². The fraction of sp³-hybridized carbons (Fsp3) is 0.444. The van der Waals surface area contributed by atoms with Crippen molar-refractivity contribution in [3.63, 3.8) is 0 Å². The van der Waals surface area contributed by atoms with Gasteiger partial charge in [0, 0.05) is 6.04 Å². The molecule has 3 atom stereocenters. The molecule has 0 spiro atoms. The van der Waals surface area contributed by atoms with Gasteiger partial charge >= 0.3 is 0 Å². The van der Waals surface area contributed by atoms with Crippen LogP contribution < -0.4 is 5.32 Å². The Morgan fingerprint density at radius 3 is 2.68 bits per heavy atom. The molecule has 100 valence electrons. The van der Waals surface area contributed by atoms with Crippen LogP contribution in [0, 0.1) is 5.92 Å². The van der Waals surface area contributed by atoms with Crippen molar-refractivity contribution in [2.24, 2.45) is 5.92 Å². The van der Waals surface area contributed by atoms with E-state index >= 15 is 0 Å². The zero-order valence-corrected chi connectivity index (χ0v) is 11.9. The Kier molecular flexibility index (Phi) is 3.56. The van der Waals surface area contributed by atoms with Crippen LogP contribution in [0.15, 0.2) is 42.5 Å². The lowest BCUT2D eigenvalue weighted by atomic mass is 9.86. The highest BCUT2D eigenvalue weighted by molar-refractivity contribution is 5.86. The Morgan fingerprint density at radius 2 is 1.84 bits per heavy atom. The predicted octanol–water partition coefficient (Wildman–Crippen LogP) is 4.33. The fourth-order valence-electron chi connectivity index (χ4n) is 3.73. The van der Waals surface area contributed by atoms with Gasteiger partial charge in [-0.25, -0.2) is 0 Å². The molecule has 0 aliphatic heterocycles. The molecular formula is C18H23N. The number of fused-ring (bicyclic) bond motifs is 1. The van der Waals surface area contributed by atoms with Gasteiger partial charge in [-0.1, -0.05) is 56.3 Å². The summed E-state index contributed by atoms with van der Waals surface area (Å²) in [7, 11) is 0. The lowest BCUT2D eigenvalue weighted by Crippen LogP contribution is -2.32. The molecule has 19 heavy (non-hydrogen) atoms. The van der Waals surface area contributed by atoms with E-state index in [1.165, 1.54) is 23.6 Å². The molecule has 3 unspecified atom stereocenters. The molecule has 3 rings (SSSR count). The molecule has 1 aliphatic rings. The van der Waals surface area contributed by atoms with Gasteiger partial charge in [-0.3, -0.25) is 0 Å². The first kappa shape index (κ1) is 12.7. The molecule has 2 aromatic carbocycles. The van der Waals surface area contributed by atoms with Gasteiger partial charge in [-0.2, -0.15) is 0 Å². The Morgan fingerprint density at radius 1 is 1.05 bits per heavy atom. The molecule has 0 bridgehead atoms. The minimum Gasteiger partial charge on any atom is -0.314 e. The summed E-state index contributed by atoms with van der Waals surface area (Å²) in [5.41, 5.74) is 1.55. The Labute approximate surface area is 116 Å². The van der Waals surface area contributed by atoms with Gasteiger partial charge in [-0.15, -0.1) is 0 Å². The maximum atomic E-state index is 3.64. The molecule has 0 amide bonds. The summed E-state index contributed by atoms with van der Waals surface area (Å²) in [6, 6.07) is 16.2. The quantitative estimate of drug-likeness (QED) is 0.858. The Bertz CT molecular complexity index is 555. The smallest absolute Gasteiger partial charge is 0.00986 e. The largest absolute Gasteiger partial charge is 0.314 e. The molecule has 2 aromatic rings. The summed E-state index contributed by atoms with van der Waals surface area (Å²) < 4.78 is 0. The van der Waals surface area contributed by atoms with E-state index in [0.29, 0.717) is 12.0 Å². The summed E-state index contributed by atoms with van der Waals surface area (Å²) in [5.74, 6) is 1.43. The summed E-state index contributed by atoms with van der Waals surface area (Å²) in [4.78, 5) is 0. The minimum absolute atomic E-state index is 0.689. The van der Waals surface area contributed by atoms with Crippen LogP contribution in [0.5, 0.6) is 0 Å². The molecule has 1 fully saturated rings. The van der Waals surface area contributed by atoms with Crippen molar-refractivity contribution in [2.75, 3.05) is 6.54 Å². The molecule has 1 N–H and O–H groups in total. The highest BCUT2D eigenvalue weighted by Crippen LogP contribution is 2.41. The van der Waals surface area contributed by atoms with Crippen LogP contribution in [0.1, 0.15) is 38.2 Å². The maximum Gasteiger partial charge on any atom is 0.00986 e. The maximum absolute atomic E-state index is 3.64. The first-order valence-electron chi connectivity index (χ1n) is 7.52. The molecular weight excluding hydrogens is 230 g/mol. The molecule has 0 saturated heterocycles. The van der Waals surface area contributed by atoms with Crippen LogP contribution in [-0.2, 0) is 0 Å². The Balaban J connectivity index is 1.97. The van der Waals surface area contributed by atoms with E-state index in [0.717, 1.165) is 12.5 Å². The van der Waals surface area contributed by atoms with E-state index in [1.54, 1.807) is 5.56 Å². The third-order valence-corrected chi connectivity index (χ3v) is 4.75. The lowest BCUT2D eigenvalue weighted by Gasteiger charge is -2.22.